The molecule has 1 fully saturated rings. The summed E-state index contributed by atoms with van der Waals surface area (Å²) in [5, 5.41) is -1.03. The maximum absolute atomic E-state index is 13.0. The van der Waals surface area contributed by atoms with E-state index in [0.29, 0.717) is 5.56 Å². The summed E-state index contributed by atoms with van der Waals surface area (Å²) in [4.78, 5) is 12.1. The standard InChI is InChI=1S/C14H18FNO4S/c1-3-20-13(17)14(16)11(12(14)21(18,19)4-2)9-5-7-10(15)8-6-9/h5-8,11-12H,3-4,16H2,1-2H3/t11-,12+,14-/m1/s1. The van der Waals surface area contributed by atoms with Crippen molar-refractivity contribution in [3.8, 4) is 0 Å². The zero-order valence-corrected chi connectivity index (χ0v) is 12.7. The Morgan fingerprint density at radius 2 is 1.90 bits per heavy atom. The minimum absolute atomic E-state index is 0.117. The molecule has 0 bridgehead atoms. The summed E-state index contributed by atoms with van der Waals surface area (Å²) in [7, 11) is -3.52. The van der Waals surface area contributed by atoms with Crippen LogP contribution in [-0.4, -0.2) is 37.5 Å². The molecule has 2 rings (SSSR count). The van der Waals surface area contributed by atoms with Gasteiger partial charge in [-0.05, 0) is 24.6 Å². The molecular weight excluding hydrogens is 297 g/mol. The van der Waals surface area contributed by atoms with E-state index >= 15 is 0 Å². The highest BCUT2D eigenvalue weighted by atomic mass is 32.2. The Bertz CT molecular complexity index is 643. The van der Waals surface area contributed by atoms with Gasteiger partial charge in [0.1, 0.15) is 11.4 Å². The molecule has 1 aliphatic rings. The second-order valence-electron chi connectivity index (χ2n) is 5.05. The van der Waals surface area contributed by atoms with Crippen molar-refractivity contribution < 1.29 is 22.3 Å². The van der Waals surface area contributed by atoms with Crippen molar-refractivity contribution in [1.82, 2.24) is 0 Å². The van der Waals surface area contributed by atoms with Crippen molar-refractivity contribution in [1.29, 1.82) is 0 Å². The fourth-order valence-electron chi connectivity index (χ4n) is 2.68. The minimum Gasteiger partial charge on any atom is -0.465 e. The van der Waals surface area contributed by atoms with E-state index in [-0.39, 0.29) is 12.4 Å². The molecule has 0 radical (unpaired) electrons. The predicted molar refractivity (Wildman–Crippen MR) is 75.9 cm³/mol. The summed E-state index contributed by atoms with van der Waals surface area (Å²) in [5.74, 6) is -2.00. The van der Waals surface area contributed by atoms with Gasteiger partial charge in [0.15, 0.2) is 9.84 Å². The summed E-state index contributed by atoms with van der Waals surface area (Å²) >= 11 is 0. The van der Waals surface area contributed by atoms with Crippen LogP contribution in [0.1, 0.15) is 25.3 Å². The normalized spacial score (nSPS) is 28.2. The number of nitrogens with two attached hydrogens (primary N) is 1. The van der Waals surface area contributed by atoms with Crippen molar-refractivity contribution in [3.05, 3.63) is 35.6 Å². The summed E-state index contributed by atoms with van der Waals surface area (Å²) in [6.07, 6.45) is 0. The van der Waals surface area contributed by atoms with Gasteiger partial charge in [0.25, 0.3) is 0 Å². The Hall–Kier alpha value is -1.47. The van der Waals surface area contributed by atoms with Gasteiger partial charge < -0.3 is 10.5 Å². The molecule has 7 heteroatoms. The lowest BCUT2D eigenvalue weighted by Gasteiger charge is -2.10. The third kappa shape index (κ3) is 2.55. The van der Waals surface area contributed by atoms with Gasteiger partial charge >= 0.3 is 5.97 Å². The number of halogens is 1. The third-order valence-electron chi connectivity index (χ3n) is 3.83. The number of carbonyl (C=O) groups is 1. The molecule has 0 unspecified atom stereocenters. The van der Waals surface area contributed by atoms with Crippen LogP contribution in [0.3, 0.4) is 0 Å². The van der Waals surface area contributed by atoms with Crippen molar-refractivity contribution >= 4 is 15.8 Å². The fourth-order valence-corrected chi connectivity index (χ4v) is 4.59. The summed E-state index contributed by atoms with van der Waals surface area (Å²) in [6, 6.07) is 5.34. The first-order chi connectivity index (χ1) is 9.79. The average Bonchev–Trinajstić information content (AvgIpc) is 3.09. The van der Waals surface area contributed by atoms with Gasteiger partial charge in [-0.2, -0.15) is 0 Å². The lowest BCUT2D eigenvalue weighted by atomic mass is 10.1. The highest BCUT2D eigenvalue weighted by Crippen LogP contribution is 2.55. The molecule has 0 aromatic heterocycles. The molecule has 2 N–H and O–H groups in total. The smallest absolute Gasteiger partial charge is 0.328 e. The van der Waals surface area contributed by atoms with Crippen LogP contribution in [0.25, 0.3) is 0 Å². The molecule has 21 heavy (non-hydrogen) atoms. The number of benzene rings is 1. The quantitative estimate of drug-likeness (QED) is 0.819. The molecule has 0 saturated heterocycles. The zero-order valence-electron chi connectivity index (χ0n) is 11.9. The van der Waals surface area contributed by atoms with Gasteiger partial charge in [0.05, 0.1) is 11.9 Å². The van der Waals surface area contributed by atoms with Crippen molar-refractivity contribution in [3.63, 3.8) is 0 Å². The predicted octanol–water partition coefficient (Wildman–Crippen LogP) is 0.987. The van der Waals surface area contributed by atoms with Crippen molar-refractivity contribution in [2.24, 2.45) is 5.73 Å². The lowest BCUT2D eigenvalue weighted by Crippen LogP contribution is -2.41. The zero-order chi connectivity index (χ0) is 15.8. The van der Waals surface area contributed by atoms with Crippen LogP contribution in [0.2, 0.25) is 0 Å². The largest absolute Gasteiger partial charge is 0.465 e. The monoisotopic (exact) mass is 315 g/mol. The number of hydrogen-bond acceptors (Lipinski definition) is 5. The second-order valence-corrected chi connectivity index (χ2v) is 7.47. The summed E-state index contributed by atoms with van der Waals surface area (Å²) in [5.41, 5.74) is 4.98. The van der Waals surface area contributed by atoms with Crippen LogP contribution in [0.4, 0.5) is 4.39 Å². The second kappa shape index (κ2) is 5.38. The Morgan fingerprint density at radius 1 is 1.33 bits per heavy atom. The van der Waals surface area contributed by atoms with E-state index in [2.05, 4.69) is 0 Å². The number of sulfone groups is 1. The van der Waals surface area contributed by atoms with Gasteiger partial charge in [0, 0.05) is 11.7 Å². The van der Waals surface area contributed by atoms with E-state index < -0.39 is 38.3 Å². The Kier molecular flexibility index (Phi) is 4.08. The number of esters is 1. The van der Waals surface area contributed by atoms with Crippen LogP contribution in [-0.2, 0) is 19.4 Å². The highest BCUT2D eigenvalue weighted by Gasteiger charge is 2.74. The molecule has 1 aromatic carbocycles. The Labute approximate surface area is 123 Å². The fraction of sp³-hybridized carbons (Fsp3) is 0.500. The molecular formula is C14H18FNO4S. The van der Waals surface area contributed by atoms with Gasteiger partial charge in [-0.1, -0.05) is 19.1 Å². The first kappa shape index (κ1) is 15.9. The maximum Gasteiger partial charge on any atom is 0.328 e. The topological polar surface area (TPSA) is 86.5 Å². The van der Waals surface area contributed by atoms with Gasteiger partial charge in [-0.15, -0.1) is 0 Å². The molecule has 0 amide bonds. The first-order valence-corrected chi connectivity index (χ1v) is 8.43. The summed E-state index contributed by atoms with van der Waals surface area (Å²) < 4.78 is 42.3. The van der Waals surface area contributed by atoms with E-state index in [9.17, 15) is 17.6 Å². The molecule has 0 spiro atoms. The van der Waals surface area contributed by atoms with Crippen LogP contribution in [0, 0.1) is 5.82 Å². The molecule has 3 atom stereocenters. The van der Waals surface area contributed by atoms with E-state index in [1.165, 1.54) is 31.2 Å². The van der Waals surface area contributed by atoms with Crippen LogP contribution in [0.15, 0.2) is 24.3 Å². The highest BCUT2D eigenvalue weighted by molar-refractivity contribution is 7.92. The molecule has 1 aliphatic carbocycles. The number of hydrogen-bond donors (Lipinski definition) is 1. The molecule has 116 valence electrons. The van der Waals surface area contributed by atoms with E-state index in [1.807, 2.05) is 0 Å². The molecule has 0 heterocycles. The number of ether oxygens (including phenoxy) is 1. The number of carbonyl (C=O) groups excluding carboxylic acids is 1. The number of rotatable bonds is 5. The first-order valence-electron chi connectivity index (χ1n) is 6.72. The van der Waals surface area contributed by atoms with E-state index in [0.717, 1.165) is 0 Å². The average molecular weight is 315 g/mol. The van der Waals surface area contributed by atoms with E-state index in [1.54, 1.807) is 6.92 Å². The van der Waals surface area contributed by atoms with Crippen LogP contribution in [0.5, 0.6) is 0 Å². The van der Waals surface area contributed by atoms with Crippen molar-refractivity contribution in [2.75, 3.05) is 12.4 Å². The maximum atomic E-state index is 13.0. The molecule has 0 aliphatic heterocycles. The Balaban J connectivity index is 2.42. The molecule has 1 saturated carbocycles. The summed E-state index contributed by atoms with van der Waals surface area (Å²) in [6.45, 7) is 3.24. The lowest BCUT2D eigenvalue weighted by molar-refractivity contribution is -0.145. The third-order valence-corrected chi connectivity index (χ3v) is 6.07. The molecule has 1 aromatic rings. The van der Waals surface area contributed by atoms with Gasteiger partial charge in [0.2, 0.25) is 0 Å². The molecule has 5 nitrogen and oxygen atoms in total. The van der Waals surface area contributed by atoms with Gasteiger partial charge in [-0.25, -0.2) is 17.6 Å². The van der Waals surface area contributed by atoms with E-state index in [4.69, 9.17) is 10.5 Å². The minimum atomic E-state index is -3.52. The van der Waals surface area contributed by atoms with Gasteiger partial charge in [-0.3, -0.25) is 0 Å². The Morgan fingerprint density at radius 3 is 2.38 bits per heavy atom. The van der Waals surface area contributed by atoms with Crippen molar-refractivity contribution in [2.45, 2.75) is 30.6 Å². The SMILES string of the molecule is CCOC(=O)[C@@]1(N)[C@H](c2ccc(F)cc2)[C@@H]1S(=O)(=O)CC. The van der Waals surface area contributed by atoms with Crippen LogP contribution < -0.4 is 5.73 Å². The van der Waals surface area contributed by atoms with Crippen LogP contribution >= 0.6 is 0 Å².